The minimum atomic E-state index is 0.555. The van der Waals surface area contributed by atoms with Gasteiger partial charge in [-0.1, -0.05) is 34.1 Å². The Hall–Kier alpha value is -1.13. The molecule has 3 nitrogen and oxygen atoms in total. The molecule has 1 aliphatic rings. The van der Waals surface area contributed by atoms with E-state index in [0.29, 0.717) is 6.04 Å². The second-order valence-corrected chi connectivity index (χ2v) is 5.86. The number of nitrogens with zero attached hydrogens (tertiary/aromatic N) is 2. The smallest absolute Gasteiger partial charge is 0.0953 e. The number of imidazole rings is 1. The summed E-state index contributed by atoms with van der Waals surface area (Å²) in [7, 11) is 0. The summed E-state index contributed by atoms with van der Waals surface area (Å²) < 4.78 is 3.47. The minimum Gasteiger partial charge on any atom is -0.327 e. The van der Waals surface area contributed by atoms with Crippen LogP contribution in [-0.2, 0) is 0 Å². The molecule has 1 N–H and O–H groups in total. The molecule has 0 amide bonds. The maximum absolute atomic E-state index is 4.37. The molecular weight excluding hydrogens is 302 g/mol. The van der Waals surface area contributed by atoms with Crippen LogP contribution in [0, 0.1) is 0 Å². The molecule has 0 bridgehead atoms. The SMILES string of the molecule is Brc1ccccc1-c1cncn1C1CCCNCC1. The summed E-state index contributed by atoms with van der Waals surface area (Å²) in [5.74, 6) is 0. The topological polar surface area (TPSA) is 29.9 Å². The van der Waals surface area contributed by atoms with Crippen molar-refractivity contribution in [3.8, 4) is 11.3 Å². The first-order chi connectivity index (χ1) is 9.36. The number of nitrogens with one attached hydrogen (secondary N) is 1. The summed E-state index contributed by atoms with van der Waals surface area (Å²) in [4.78, 5) is 4.37. The lowest BCUT2D eigenvalue weighted by molar-refractivity contribution is 0.457. The Labute approximate surface area is 122 Å². The first-order valence-corrected chi connectivity index (χ1v) is 7.63. The largest absolute Gasteiger partial charge is 0.327 e. The molecule has 1 atom stereocenters. The standard InChI is InChI=1S/C15H18BrN3/c16-14-6-2-1-5-13(14)15-10-18-11-19(15)12-4-3-8-17-9-7-12/h1-2,5-6,10-12,17H,3-4,7-9H2. The van der Waals surface area contributed by atoms with Gasteiger partial charge in [-0.2, -0.15) is 0 Å². The van der Waals surface area contributed by atoms with Crippen LogP contribution in [0.5, 0.6) is 0 Å². The van der Waals surface area contributed by atoms with Crippen LogP contribution in [-0.4, -0.2) is 22.6 Å². The Morgan fingerprint density at radius 3 is 3.00 bits per heavy atom. The zero-order chi connectivity index (χ0) is 13.1. The van der Waals surface area contributed by atoms with Gasteiger partial charge in [0, 0.05) is 16.1 Å². The minimum absolute atomic E-state index is 0.555. The maximum atomic E-state index is 4.37. The predicted molar refractivity (Wildman–Crippen MR) is 81.1 cm³/mol. The molecule has 1 aliphatic heterocycles. The van der Waals surface area contributed by atoms with Gasteiger partial charge < -0.3 is 9.88 Å². The maximum Gasteiger partial charge on any atom is 0.0953 e. The molecule has 1 aromatic heterocycles. The summed E-state index contributed by atoms with van der Waals surface area (Å²) in [5, 5.41) is 3.47. The molecule has 4 heteroatoms. The van der Waals surface area contributed by atoms with Crippen LogP contribution in [0.2, 0.25) is 0 Å². The van der Waals surface area contributed by atoms with Crippen LogP contribution in [0.3, 0.4) is 0 Å². The van der Waals surface area contributed by atoms with Crippen molar-refractivity contribution < 1.29 is 0 Å². The third-order valence-electron chi connectivity index (χ3n) is 3.75. The molecule has 0 saturated carbocycles. The molecule has 2 aromatic rings. The number of rotatable bonds is 2. The molecule has 100 valence electrons. The van der Waals surface area contributed by atoms with Gasteiger partial charge in [0.25, 0.3) is 0 Å². The lowest BCUT2D eigenvalue weighted by Crippen LogP contribution is -2.15. The third kappa shape index (κ3) is 2.74. The summed E-state index contributed by atoms with van der Waals surface area (Å²) >= 11 is 3.64. The molecule has 19 heavy (non-hydrogen) atoms. The Morgan fingerprint density at radius 1 is 1.21 bits per heavy atom. The van der Waals surface area contributed by atoms with Crippen molar-refractivity contribution in [2.75, 3.05) is 13.1 Å². The number of hydrogen-bond acceptors (Lipinski definition) is 2. The summed E-state index contributed by atoms with van der Waals surface area (Å²) in [6.07, 6.45) is 7.58. The van der Waals surface area contributed by atoms with Crippen LogP contribution < -0.4 is 5.32 Å². The van der Waals surface area contributed by atoms with Crippen LogP contribution in [0.1, 0.15) is 25.3 Å². The molecular formula is C15H18BrN3. The van der Waals surface area contributed by atoms with Crippen molar-refractivity contribution >= 4 is 15.9 Å². The van der Waals surface area contributed by atoms with E-state index in [2.05, 4.69) is 49.0 Å². The average molecular weight is 320 g/mol. The van der Waals surface area contributed by atoms with E-state index in [1.807, 2.05) is 18.6 Å². The number of aromatic nitrogens is 2. The van der Waals surface area contributed by atoms with Crippen molar-refractivity contribution in [1.29, 1.82) is 0 Å². The fourth-order valence-electron chi connectivity index (χ4n) is 2.75. The van der Waals surface area contributed by atoms with E-state index in [1.165, 1.54) is 30.5 Å². The second kappa shape index (κ2) is 5.88. The first kappa shape index (κ1) is 12.9. The summed E-state index contributed by atoms with van der Waals surface area (Å²) in [6, 6.07) is 8.91. The molecule has 3 rings (SSSR count). The molecule has 0 spiro atoms. The number of hydrogen-bond donors (Lipinski definition) is 1. The van der Waals surface area contributed by atoms with Crippen LogP contribution in [0.15, 0.2) is 41.3 Å². The highest BCUT2D eigenvalue weighted by Crippen LogP contribution is 2.31. The van der Waals surface area contributed by atoms with Gasteiger partial charge in [-0.3, -0.25) is 0 Å². The van der Waals surface area contributed by atoms with Crippen LogP contribution >= 0.6 is 15.9 Å². The van der Waals surface area contributed by atoms with Gasteiger partial charge >= 0.3 is 0 Å². The van der Waals surface area contributed by atoms with E-state index in [9.17, 15) is 0 Å². The quantitative estimate of drug-likeness (QED) is 0.916. The monoisotopic (exact) mass is 319 g/mol. The number of halogens is 1. The highest BCUT2D eigenvalue weighted by atomic mass is 79.9. The Kier molecular flexibility index (Phi) is 3.99. The van der Waals surface area contributed by atoms with Crippen LogP contribution in [0.4, 0.5) is 0 Å². The Balaban J connectivity index is 1.96. The molecule has 1 saturated heterocycles. The number of benzene rings is 1. The average Bonchev–Trinajstić information content (AvgIpc) is 2.74. The fourth-order valence-corrected chi connectivity index (χ4v) is 3.24. The zero-order valence-corrected chi connectivity index (χ0v) is 12.4. The van der Waals surface area contributed by atoms with E-state index in [-0.39, 0.29) is 0 Å². The van der Waals surface area contributed by atoms with Crippen LogP contribution in [0.25, 0.3) is 11.3 Å². The van der Waals surface area contributed by atoms with Gasteiger partial charge in [0.05, 0.1) is 18.2 Å². The zero-order valence-electron chi connectivity index (χ0n) is 10.8. The molecule has 0 aliphatic carbocycles. The van der Waals surface area contributed by atoms with Gasteiger partial charge in [0.1, 0.15) is 0 Å². The Morgan fingerprint density at radius 2 is 2.11 bits per heavy atom. The van der Waals surface area contributed by atoms with Crippen molar-refractivity contribution in [3.05, 3.63) is 41.3 Å². The van der Waals surface area contributed by atoms with Crippen molar-refractivity contribution in [1.82, 2.24) is 14.9 Å². The van der Waals surface area contributed by atoms with Gasteiger partial charge in [-0.05, 0) is 38.4 Å². The second-order valence-electron chi connectivity index (χ2n) is 5.00. The molecule has 1 aromatic carbocycles. The van der Waals surface area contributed by atoms with Crippen molar-refractivity contribution in [2.45, 2.75) is 25.3 Å². The van der Waals surface area contributed by atoms with E-state index >= 15 is 0 Å². The van der Waals surface area contributed by atoms with Gasteiger partial charge in [0.2, 0.25) is 0 Å². The molecule has 1 unspecified atom stereocenters. The van der Waals surface area contributed by atoms with Gasteiger partial charge in [-0.25, -0.2) is 4.98 Å². The Bertz CT molecular complexity index is 542. The summed E-state index contributed by atoms with van der Waals surface area (Å²) in [5.41, 5.74) is 2.43. The normalized spacial score (nSPS) is 20.2. The molecule has 1 fully saturated rings. The molecule has 0 radical (unpaired) electrons. The highest BCUT2D eigenvalue weighted by molar-refractivity contribution is 9.10. The highest BCUT2D eigenvalue weighted by Gasteiger charge is 2.17. The van der Waals surface area contributed by atoms with Gasteiger partial charge in [0.15, 0.2) is 0 Å². The van der Waals surface area contributed by atoms with E-state index in [0.717, 1.165) is 17.6 Å². The van der Waals surface area contributed by atoms with E-state index in [1.54, 1.807) is 0 Å². The first-order valence-electron chi connectivity index (χ1n) is 6.84. The van der Waals surface area contributed by atoms with Gasteiger partial charge in [-0.15, -0.1) is 0 Å². The fraction of sp³-hybridized carbons (Fsp3) is 0.400. The third-order valence-corrected chi connectivity index (χ3v) is 4.45. The lowest BCUT2D eigenvalue weighted by atomic mass is 10.1. The van der Waals surface area contributed by atoms with E-state index in [4.69, 9.17) is 0 Å². The summed E-state index contributed by atoms with van der Waals surface area (Å²) in [6.45, 7) is 2.23. The van der Waals surface area contributed by atoms with Crippen molar-refractivity contribution in [2.24, 2.45) is 0 Å². The molecule has 2 heterocycles. The predicted octanol–water partition coefficient (Wildman–Crippen LogP) is 3.63. The van der Waals surface area contributed by atoms with E-state index < -0.39 is 0 Å². The lowest BCUT2D eigenvalue weighted by Gasteiger charge is -2.19. The van der Waals surface area contributed by atoms with Crippen molar-refractivity contribution in [3.63, 3.8) is 0 Å².